The molecule has 0 saturated heterocycles. The smallest absolute Gasteiger partial charge is 0.313 e. The van der Waals surface area contributed by atoms with Gasteiger partial charge in [-0.3, -0.25) is 14.9 Å². The Hall–Kier alpha value is -2.78. The van der Waals surface area contributed by atoms with Crippen LogP contribution in [0.25, 0.3) is 10.9 Å². The lowest BCUT2D eigenvalue weighted by Crippen LogP contribution is -2.23. The van der Waals surface area contributed by atoms with Crippen LogP contribution < -0.4 is 10.3 Å². The van der Waals surface area contributed by atoms with Crippen molar-refractivity contribution in [1.82, 2.24) is 9.66 Å². The van der Waals surface area contributed by atoms with Gasteiger partial charge in [0.05, 0.1) is 34.2 Å². The first-order chi connectivity index (χ1) is 13.7. The van der Waals surface area contributed by atoms with Crippen LogP contribution in [-0.4, -0.2) is 27.9 Å². The molecule has 8 nitrogen and oxygen atoms in total. The van der Waals surface area contributed by atoms with Crippen LogP contribution in [-0.2, 0) is 0 Å². The van der Waals surface area contributed by atoms with Gasteiger partial charge >= 0.3 is 5.69 Å². The predicted molar refractivity (Wildman–Crippen MR) is 115 cm³/mol. The van der Waals surface area contributed by atoms with Crippen molar-refractivity contribution in [3.8, 4) is 5.75 Å². The van der Waals surface area contributed by atoms with Crippen molar-refractivity contribution in [2.24, 2.45) is 5.10 Å². The van der Waals surface area contributed by atoms with Crippen LogP contribution in [0.5, 0.6) is 5.75 Å². The van der Waals surface area contributed by atoms with Crippen molar-refractivity contribution in [2.75, 3.05) is 7.11 Å². The van der Waals surface area contributed by atoms with Crippen LogP contribution in [0.3, 0.4) is 0 Å². The van der Waals surface area contributed by atoms with Crippen molar-refractivity contribution in [2.45, 2.75) is 19.8 Å². The van der Waals surface area contributed by atoms with E-state index >= 15 is 0 Å². The normalized spacial score (nSPS) is 11.5. The van der Waals surface area contributed by atoms with E-state index in [1.807, 2.05) is 19.9 Å². The van der Waals surface area contributed by atoms with Crippen molar-refractivity contribution in [3.05, 3.63) is 71.7 Å². The monoisotopic (exact) mass is 478 g/mol. The fourth-order valence-electron chi connectivity index (χ4n) is 2.79. The summed E-state index contributed by atoms with van der Waals surface area (Å²) in [6.45, 7) is 3.79. The molecule has 150 valence electrons. The second-order valence-corrected chi connectivity index (χ2v) is 7.78. The van der Waals surface area contributed by atoms with Gasteiger partial charge in [-0.15, -0.1) is 0 Å². The summed E-state index contributed by atoms with van der Waals surface area (Å²) in [6, 6.07) is 8.00. The number of halogens is 2. The maximum Gasteiger partial charge on any atom is 0.313 e. The molecule has 10 heteroatoms. The number of fused-ring (bicyclic) bond motifs is 1. The molecule has 0 unspecified atom stereocenters. The first-order valence-corrected chi connectivity index (χ1v) is 9.68. The molecule has 0 saturated carbocycles. The fraction of sp³-hybridized carbons (Fsp3) is 0.211. The summed E-state index contributed by atoms with van der Waals surface area (Å²) in [5.41, 5.74) is 0.277. The lowest BCUT2D eigenvalue weighted by molar-refractivity contribution is -0.385. The molecular weight excluding hydrogens is 464 g/mol. The number of hydrogen-bond donors (Lipinski definition) is 0. The Kier molecular flexibility index (Phi) is 5.99. The molecule has 3 aromatic rings. The predicted octanol–water partition coefficient (Wildman–Crippen LogP) is 4.73. The van der Waals surface area contributed by atoms with Gasteiger partial charge < -0.3 is 4.74 Å². The van der Waals surface area contributed by atoms with Crippen LogP contribution in [0.15, 0.2) is 44.7 Å². The quantitative estimate of drug-likeness (QED) is 0.299. The van der Waals surface area contributed by atoms with Gasteiger partial charge in [-0.05, 0) is 24.3 Å². The topological polar surface area (TPSA) is 99.6 Å². The Balaban J connectivity index is 2.18. The highest BCUT2D eigenvalue weighted by Crippen LogP contribution is 2.35. The van der Waals surface area contributed by atoms with E-state index in [4.69, 9.17) is 16.3 Å². The number of benzene rings is 2. The van der Waals surface area contributed by atoms with Crippen LogP contribution in [0.1, 0.15) is 31.2 Å². The molecule has 1 aromatic heterocycles. The van der Waals surface area contributed by atoms with Gasteiger partial charge in [0.2, 0.25) is 5.75 Å². The molecule has 0 aliphatic heterocycles. The summed E-state index contributed by atoms with van der Waals surface area (Å²) >= 11 is 9.44. The SMILES string of the molecule is COc1c(Cl)cc(C=Nn2c(C(C)C)nc3ccc(Br)cc3c2=O)cc1[N+](=O)[O-]. The number of nitro groups is 1. The minimum Gasteiger partial charge on any atom is -0.489 e. The number of nitro benzene ring substituents is 1. The minimum absolute atomic E-state index is 0.0360. The van der Waals surface area contributed by atoms with Crippen molar-refractivity contribution in [3.63, 3.8) is 0 Å². The summed E-state index contributed by atoms with van der Waals surface area (Å²) in [5.74, 6) is 0.350. The molecule has 3 rings (SSSR count). The molecule has 0 radical (unpaired) electrons. The van der Waals surface area contributed by atoms with Crippen LogP contribution >= 0.6 is 27.5 Å². The first kappa shape index (κ1) is 20.9. The third-order valence-corrected chi connectivity index (χ3v) is 4.89. The van der Waals surface area contributed by atoms with Gasteiger partial charge in [-0.25, -0.2) is 4.98 Å². The highest BCUT2D eigenvalue weighted by molar-refractivity contribution is 9.10. The van der Waals surface area contributed by atoms with Gasteiger partial charge in [0.25, 0.3) is 5.56 Å². The molecule has 2 aromatic carbocycles. The number of hydrogen-bond acceptors (Lipinski definition) is 6. The van der Waals surface area contributed by atoms with Gasteiger partial charge in [0.15, 0.2) is 0 Å². The van der Waals surface area contributed by atoms with Crippen LogP contribution in [0, 0.1) is 10.1 Å². The first-order valence-electron chi connectivity index (χ1n) is 8.51. The van der Waals surface area contributed by atoms with Gasteiger partial charge in [0.1, 0.15) is 5.82 Å². The van der Waals surface area contributed by atoms with Gasteiger partial charge in [-0.1, -0.05) is 41.4 Å². The number of methoxy groups -OCH3 is 1. The lowest BCUT2D eigenvalue weighted by Gasteiger charge is -2.12. The summed E-state index contributed by atoms with van der Waals surface area (Å²) in [7, 11) is 1.30. The Morgan fingerprint density at radius 3 is 2.69 bits per heavy atom. The maximum absolute atomic E-state index is 13.0. The summed E-state index contributed by atoms with van der Waals surface area (Å²) in [6.07, 6.45) is 1.33. The van der Waals surface area contributed by atoms with E-state index in [2.05, 4.69) is 26.0 Å². The average molecular weight is 480 g/mol. The number of rotatable bonds is 5. The molecule has 29 heavy (non-hydrogen) atoms. The summed E-state index contributed by atoms with van der Waals surface area (Å²) in [4.78, 5) is 28.3. The lowest BCUT2D eigenvalue weighted by atomic mass is 10.2. The van der Waals surface area contributed by atoms with E-state index in [0.717, 1.165) is 4.47 Å². The van der Waals surface area contributed by atoms with Crippen molar-refractivity contribution >= 4 is 50.3 Å². The average Bonchev–Trinajstić information content (AvgIpc) is 2.66. The van der Waals surface area contributed by atoms with E-state index in [1.54, 1.807) is 12.1 Å². The van der Waals surface area contributed by atoms with E-state index < -0.39 is 4.92 Å². The number of aromatic nitrogens is 2. The zero-order valence-corrected chi connectivity index (χ0v) is 18.1. The van der Waals surface area contributed by atoms with Crippen LogP contribution in [0.2, 0.25) is 5.02 Å². The molecule has 0 aliphatic rings. The molecule has 0 atom stereocenters. The second kappa shape index (κ2) is 8.30. The Morgan fingerprint density at radius 2 is 2.07 bits per heavy atom. The highest BCUT2D eigenvalue weighted by Gasteiger charge is 2.19. The van der Waals surface area contributed by atoms with E-state index in [-0.39, 0.29) is 27.9 Å². The van der Waals surface area contributed by atoms with Gasteiger partial charge in [-0.2, -0.15) is 9.78 Å². The minimum atomic E-state index is -0.594. The highest BCUT2D eigenvalue weighted by atomic mass is 79.9. The number of nitrogens with zero attached hydrogens (tertiary/aromatic N) is 4. The zero-order valence-electron chi connectivity index (χ0n) is 15.7. The molecule has 1 heterocycles. The molecule has 0 N–H and O–H groups in total. The Labute approximate surface area is 179 Å². The van der Waals surface area contributed by atoms with Crippen molar-refractivity contribution in [1.29, 1.82) is 0 Å². The van der Waals surface area contributed by atoms with E-state index in [0.29, 0.717) is 22.3 Å². The standard InChI is InChI=1S/C19H16BrClN4O4/c1-10(2)18-23-15-5-4-12(20)8-13(15)19(26)24(18)22-9-11-6-14(21)17(29-3)16(7-11)25(27)28/h4-10H,1-3H3. The number of ether oxygens (including phenoxy) is 1. The third kappa shape index (κ3) is 4.15. The van der Waals surface area contributed by atoms with E-state index in [1.165, 1.54) is 30.1 Å². The second-order valence-electron chi connectivity index (χ2n) is 6.46. The summed E-state index contributed by atoms with van der Waals surface area (Å²) in [5, 5.41) is 16.0. The molecule has 0 aliphatic carbocycles. The zero-order chi connectivity index (χ0) is 21.3. The van der Waals surface area contributed by atoms with Crippen LogP contribution in [0.4, 0.5) is 5.69 Å². The molecule has 0 amide bonds. The van der Waals surface area contributed by atoms with E-state index in [9.17, 15) is 14.9 Å². The molecule has 0 spiro atoms. The molecule has 0 fully saturated rings. The molecular formula is C19H16BrClN4O4. The Morgan fingerprint density at radius 1 is 1.34 bits per heavy atom. The molecule has 0 bridgehead atoms. The van der Waals surface area contributed by atoms with Crippen molar-refractivity contribution < 1.29 is 9.66 Å². The third-order valence-electron chi connectivity index (χ3n) is 4.12. The Bertz CT molecular complexity index is 1210. The van der Waals surface area contributed by atoms with Gasteiger partial charge in [0, 0.05) is 22.0 Å². The maximum atomic E-state index is 13.0. The largest absolute Gasteiger partial charge is 0.489 e. The fourth-order valence-corrected chi connectivity index (χ4v) is 3.45. The summed E-state index contributed by atoms with van der Waals surface area (Å²) < 4.78 is 6.94.